The smallest absolute Gasteiger partial charge is 0.261 e. The molecule has 0 atom stereocenters. The second-order valence-corrected chi connectivity index (χ2v) is 7.90. The number of amides is 1. The van der Waals surface area contributed by atoms with Gasteiger partial charge in [0.15, 0.2) is 0 Å². The Morgan fingerprint density at radius 1 is 1.09 bits per heavy atom. The minimum atomic E-state index is -0.611. The molecule has 0 spiro atoms. The predicted molar refractivity (Wildman–Crippen MR) is 125 cm³/mol. The van der Waals surface area contributed by atoms with Crippen molar-refractivity contribution < 1.29 is 9.18 Å². The van der Waals surface area contributed by atoms with Gasteiger partial charge in [0.25, 0.3) is 11.5 Å². The Kier molecular flexibility index (Phi) is 6.32. The van der Waals surface area contributed by atoms with Gasteiger partial charge in [-0.25, -0.2) is 9.37 Å². The van der Waals surface area contributed by atoms with Gasteiger partial charge in [0.1, 0.15) is 11.6 Å². The zero-order valence-corrected chi connectivity index (χ0v) is 18.2. The van der Waals surface area contributed by atoms with Crippen LogP contribution in [0, 0.1) is 5.82 Å². The van der Waals surface area contributed by atoms with Gasteiger partial charge in [0.2, 0.25) is 0 Å². The molecule has 0 aliphatic heterocycles. The summed E-state index contributed by atoms with van der Waals surface area (Å²) in [6, 6.07) is 18.0. The van der Waals surface area contributed by atoms with E-state index in [2.05, 4.69) is 5.32 Å². The predicted octanol–water partition coefficient (Wildman–Crippen LogP) is 5.44. The molecule has 0 aliphatic rings. The van der Waals surface area contributed by atoms with Crippen molar-refractivity contribution in [3.8, 4) is 0 Å². The van der Waals surface area contributed by atoms with E-state index in [0.717, 1.165) is 12.0 Å². The molecule has 1 N–H and O–H groups in total. The first-order chi connectivity index (χ1) is 15.5. The molecule has 0 saturated carbocycles. The lowest BCUT2D eigenvalue weighted by Crippen LogP contribution is -2.26. The number of aryl methyl sites for hydroxylation is 1. The highest BCUT2D eigenvalue weighted by Gasteiger charge is 2.15. The summed E-state index contributed by atoms with van der Waals surface area (Å²) in [7, 11) is 0. The SMILES string of the molecule is CCCc1nc2ccc(NC(=O)c3ccccc3F)cc2c(=O)n1Cc1cccc(Cl)c1. The van der Waals surface area contributed by atoms with Crippen LogP contribution in [0.3, 0.4) is 0 Å². The number of rotatable bonds is 6. The number of benzene rings is 3. The molecular weight excluding hydrogens is 429 g/mol. The van der Waals surface area contributed by atoms with Crippen molar-refractivity contribution in [1.29, 1.82) is 0 Å². The summed E-state index contributed by atoms with van der Waals surface area (Å²) in [6.07, 6.45) is 1.49. The van der Waals surface area contributed by atoms with Crippen LogP contribution in [0.2, 0.25) is 5.02 Å². The number of nitrogens with zero attached hydrogens (tertiary/aromatic N) is 2. The summed E-state index contributed by atoms with van der Waals surface area (Å²) in [4.78, 5) is 30.6. The highest BCUT2D eigenvalue weighted by molar-refractivity contribution is 6.30. The normalized spacial score (nSPS) is 11.0. The fourth-order valence-electron chi connectivity index (χ4n) is 3.58. The molecule has 32 heavy (non-hydrogen) atoms. The number of halogens is 2. The molecule has 1 amide bonds. The summed E-state index contributed by atoms with van der Waals surface area (Å²) in [5.74, 6) is -0.508. The number of hydrogen-bond donors (Lipinski definition) is 1. The Labute approximate surface area is 189 Å². The minimum absolute atomic E-state index is 0.0672. The summed E-state index contributed by atoms with van der Waals surface area (Å²) in [5, 5.41) is 3.63. The lowest BCUT2D eigenvalue weighted by atomic mass is 10.1. The minimum Gasteiger partial charge on any atom is -0.322 e. The van der Waals surface area contributed by atoms with Crippen molar-refractivity contribution in [2.24, 2.45) is 0 Å². The van der Waals surface area contributed by atoms with Crippen LogP contribution in [0.1, 0.15) is 35.1 Å². The van der Waals surface area contributed by atoms with E-state index in [9.17, 15) is 14.0 Å². The molecule has 0 aliphatic carbocycles. The van der Waals surface area contributed by atoms with E-state index in [1.807, 2.05) is 25.1 Å². The second-order valence-electron chi connectivity index (χ2n) is 7.47. The third-order valence-electron chi connectivity index (χ3n) is 5.11. The molecule has 0 saturated heterocycles. The van der Waals surface area contributed by atoms with E-state index in [1.54, 1.807) is 34.9 Å². The number of hydrogen-bond acceptors (Lipinski definition) is 3. The highest BCUT2D eigenvalue weighted by Crippen LogP contribution is 2.19. The Hall–Kier alpha value is -3.51. The number of anilines is 1. The number of nitrogens with one attached hydrogen (secondary N) is 1. The molecule has 0 bridgehead atoms. The topological polar surface area (TPSA) is 64.0 Å². The average Bonchev–Trinajstić information content (AvgIpc) is 2.77. The highest BCUT2D eigenvalue weighted by atomic mass is 35.5. The fraction of sp³-hybridized carbons (Fsp3) is 0.160. The van der Waals surface area contributed by atoms with Gasteiger partial charge < -0.3 is 5.32 Å². The van der Waals surface area contributed by atoms with Gasteiger partial charge in [-0.15, -0.1) is 0 Å². The van der Waals surface area contributed by atoms with Crippen molar-refractivity contribution in [3.63, 3.8) is 0 Å². The number of carbonyl (C=O) groups is 1. The first kappa shape index (κ1) is 21.7. The third kappa shape index (κ3) is 4.55. The lowest BCUT2D eigenvalue weighted by Gasteiger charge is -2.14. The van der Waals surface area contributed by atoms with E-state index >= 15 is 0 Å². The maximum atomic E-state index is 13.9. The Balaban J connectivity index is 1.74. The standard InChI is InChI=1S/C25H21ClFN3O2/c1-2-6-23-29-22-12-11-18(28-24(31)19-9-3-4-10-21(19)27)14-20(22)25(32)30(23)15-16-7-5-8-17(26)13-16/h3-5,7-14H,2,6,15H2,1H3,(H,28,31). The van der Waals surface area contributed by atoms with Gasteiger partial charge in [0.05, 0.1) is 23.0 Å². The summed E-state index contributed by atoms with van der Waals surface area (Å²) in [6.45, 7) is 2.37. The largest absolute Gasteiger partial charge is 0.322 e. The van der Waals surface area contributed by atoms with Gasteiger partial charge in [0, 0.05) is 17.1 Å². The molecule has 5 nitrogen and oxygen atoms in total. The van der Waals surface area contributed by atoms with Crippen LogP contribution in [-0.2, 0) is 13.0 Å². The Bertz CT molecular complexity index is 1370. The molecule has 3 aromatic carbocycles. The van der Waals surface area contributed by atoms with Gasteiger partial charge in [-0.1, -0.05) is 42.8 Å². The first-order valence-corrected chi connectivity index (χ1v) is 10.7. The first-order valence-electron chi connectivity index (χ1n) is 10.3. The van der Waals surface area contributed by atoms with E-state index in [1.165, 1.54) is 18.2 Å². The monoisotopic (exact) mass is 449 g/mol. The molecular formula is C25H21ClFN3O2. The van der Waals surface area contributed by atoms with Crippen molar-refractivity contribution >= 4 is 34.1 Å². The van der Waals surface area contributed by atoms with Gasteiger partial charge in [-0.05, 0) is 54.4 Å². The zero-order valence-electron chi connectivity index (χ0n) is 17.4. The van der Waals surface area contributed by atoms with E-state index in [0.29, 0.717) is 40.4 Å². The van der Waals surface area contributed by atoms with Crippen LogP contribution in [0.5, 0.6) is 0 Å². The maximum Gasteiger partial charge on any atom is 0.261 e. The average molecular weight is 450 g/mol. The molecule has 4 rings (SSSR count). The maximum absolute atomic E-state index is 13.9. The quantitative estimate of drug-likeness (QED) is 0.426. The van der Waals surface area contributed by atoms with E-state index in [-0.39, 0.29) is 11.1 Å². The molecule has 1 heterocycles. The van der Waals surface area contributed by atoms with Gasteiger partial charge >= 0.3 is 0 Å². The fourth-order valence-corrected chi connectivity index (χ4v) is 3.80. The van der Waals surface area contributed by atoms with Gasteiger partial charge in [-0.2, -0.15) is 0 Å². The summed E-state index contributed by atoms with van der Waals surface area (Å²) < 4.78 is 15.6. The van der Waals surface area contributed by atoms with Crippen LogP contribution >= 0.6 is 11.6 Å². The Morgan fingerprint density at radius 3 is 2.66 bits per heavy atom. The van der Waals surface area contributed by atoms with E-state index in [4.69, 9.17) is 16.6 Å². The third-order valence-corrected chi connectivity index (χ3v) is 5.35. The van der Waals surface area contributed by atoms with Crippen molar-refractivity contribution in [2.45, 2.75) is 26.3 Å². The zero-order chi connectivity index (χ0) is 22.7. The summed E-state index contributed by atoms with van der Waals surface area (Å²) in [5.41, 5.74) is 1.55. The number of aromatic nitrogens is 2. The number of carbonyl (C=O) groups excluding carboxylic acids is 1. The molecule has 0 unspecified atom stereocenters. The van der Waals surface area contributed by atoms with Crippen LogP contribution in [0.25, 0.3) is 10.9 Å². The van der Waals surface area contributed by atoms with Crippen molar-refractivity contribution in [1.82, 2.24) is 9.55 Å². The van der Waals surface area contributed by atoms with Gasteiger partial charge in [-0.3, -0.25) is 14.2 Å². The van der Waals surface area contributed by atoms with E-state index < -0.39 is 11.7 Å². The summed E-state index contributed by atoms with van der Waals surface area (Å²) >= 11 is 6.11. The number of fused-ring (bicyclic) bond motifs is 1. The lowest BCUT2D eigenvalue weighted by molar-refractivity contribution is 0.102. The van der Waals surface area contributed by atoms with Crippen LogP contribution < -0.4 is 10.9 Å². The molecule has 7 heteroatoms. The second kappa shape index (κ2) is 9.32. The molecule has 162 valence electrons. The molecule has 0 radical (unpaired) electrons. The van der Waals surface area contributed by atoms with Crippen LogP contribution in [-0.4, -0.2) is 15.5 Å². The van der Waals surface area contributed by atoms with Crippen LogP contribution in [0.15, 0.2) is 71.5 Å². The Morgan fingerprint density at radius 2 is 1.91 bits per heavy atom. The molecule has 0 fully saturated rings. The van der Waals surface area contributed by atoms with Crippen LogP contribution in [0.4, 0.5) is 10.1 Å². The molecule has 4 aromatic rings. The molecule has 1 aromatic heterocycles. The van der Waals surface area contributed by atoms with Crippen molar-refractivity contribution in [3.05, 3.63) is 105 Å². The van der Waals surface area contributed by atoms with Crippen molar-refractivity contribution in [2.75, 3.05) is 5.32 Å².